The third-order valence-electron chi connectivity index (χ3n) is 5.87. The van der Waals surface area contributed by atoms with Gasteiger partial charge in [-0.05, 0) is 48.9 Å². The first kappa shape index (κ1) is 16.1. The Morgan fingerprint density at radius 1 is 1.11 bits per heavy atom. The summed E-state index contributed by atoms with van der Waals surface area (Å²) < 4.78 is 0. The number of anilines is 2. The number of aryl methyl sites for hydroxylation is 3. The summed E-state index contributed by atoms with van der Waals surface area (Å²) in [5.41, 5.74) is 6.26. The molecule has 0 unspecified atom stereocenters. The summed E-state index contributed by atoms with van der Waals surface area (Å²) in [7, 11) is 0. The van der Waals surface area contributed by atoms with Crippen molar-refractivity contribution in [3.63, 3.8) is 0 Å². The molecule has 1 aliphatic carbocycles. The van der Waals surface area contributed by atoms with Crippen LogP contribution < -0.4 is 5.32 Å². The molecule has 0 aliphatic heterocycles. The number of para-hydroxylation sites is 1. The lowest BCUT2D eigenvalue weighted by atomic mass is 10.1. The standard InChI is InChI=1S/C23H20N4S/c1-2-13-5-3-6-16-15-10-9-14(11-18(15)27-21(13)16)26-22-20-17-7-4-8-19(17)28-23(20)25-12-24-22/h3,5-6,9-12,27H,2,4,7-8H2,1H3,(H,24,25,26). The zero-order valence-corrected chi connectivity index (χ0v) is 16.5. The molecule has 28 heavy (non-hydrogen) atoms. The monoisotopic (exact) mass is 384 g/mol. The van der Waals surface area contributed by atoms with Gasteiger partial charge in [-0.3, -0.25) is 0 Å². The topological polar surface area (TPSA) is 53.6 Å². The lowest BCUT2D eigenvalue weighted by Crippen LogP contribution is -1.96. The van der Waals surface area contributed by atoms with Gasteiger partial charge >= 0.3 is 0 Å². The number of aromatic amines is 1. The van der Waals surface area contributed by atoms with Gasteiger partial charge < -0.3 is 10.3 Å². The molecule has 2 N–H and O–H groups in total. The number of aromatic nitrogens is 3. The molecule has 3 heterocycles. The molecule has 0 spiro atoms. The molecule has 0 radical (unpaired) electrons. The minimum Gasteiger partial charge on any atom is -0.354 e. The van der Waals surface area contributed by atoms with Crippen molar-refractivity contribution in [3.8, 4) is 0 Å². The largest absolute Gasteiger partial charge is 0.354 e. The summed E-state index contributed by atoms with van der Waals surface area (Å²) in [4.78, 5) is 15.3. The van der Waals surface area contributed by atoms with Gasteiger partial charge in [0.1, 0.15) is 17.0 Å². The molecular formula is C23H20N4S. The Kier molecular flexibility index (Phi) is 3.47. The molecule has 0 saturated carbocycles. The number of benzene rings is 2. The number of H-pyrrole nitrogens is 1. The smallest absolute Gasteiger partial charge is 0.142 e. The third kappa shape index (κ3) is 2.29. The summed E-state index contributed by atoms with van der Waals surface area (Å²) >= 11 is 1.82. The van der Waals surface area contributed by atoms with E-state index in [1.54, 1.807) is 6.33 Å². The van der Waals surface area contributed by atoms with Crippen LogP contribution in [0.5, 0.6) is 0 Å². The van der Waals surface area contributed by atoms with Crippen LogP contribution in [0.3, 0.4) is 0 Å². The van der Waals surface area contributed by atoms with Crippen molar-refractivity contribution < 1.29 is 0 Å². The summed E-state index contributed by atoms with van der Waals surface area (Å²) in [6.45, 7) is 2.20. The maximum atomic E-state index is 4.58. The fraction of sp³-hybridized carbons (Fsp3) is 0.217. The van der Waals surface area contributed by atoms with Gasteiger partial charge in [0, 0.05) is 32.4 Å². The lowest BCUT2D eigenvalue weighted by Gasteiger charge is -2.08. The number of nitrogens with one attached hydrogen (secondary N) is 2. The number of hydrogen-bond acceptors (Lipinski definition) is 4. The fourth-order valence-corrected chi connectivity index (χ4v) is 5.75. The molecule has 3 aromatic heterocycles. The van der Waals surface area contributed by atoms with Crippen LogP contribution in [-0.2, 0) is 19.3 Å². The van der Waals surface area contributed by atoms with E-state index < -0.39 is 0 Å². The Bertz CT molecular complexity index is 1360. The van der Waals surface area contributed by atoms with E-state index >= 15 is 0 Å². The number of hydrogen-bond donors (Lipinski definition) is 2. The van der Waals surface area contributed by atoms with Gasteiger partial charge in [-0.1, -0.05) is 31.2 Å². The zero-order chi connectivity index (χ0) is 18.7. The van der Waals surface area contributed by atoms with Crippen molar-refractivity contribution in [2.45, 2.75) is 32.6 Å². The van der Waals surface area contributed by atoms with E-state index in [4.69, 9.17) is 0 Å². The summed E-state index contributed by atoms with van der Waals surface area (Å²) in [5, 5.41) is 7.33. The second kappa shape index (κ2) is 6.04. The van der Waals surface area contributed by atoms with Crippen LogP contribution in [0.2, 0.25) is 0 Å². The van der Waals surface area contributed by atoms with Crippen molar-refractivity contribution in [2.75, 3.05) is 5.32 Å². The van der Waals surface area contributed by atoms with Gasteiger partial charge in [0.05, 0.1) is 5.39 Å². The molecule has 0 amide bonds. The number of nitrogens with zero attached hydrogens (tertiary/aromatic N) is 2. The molecule has 5 heteroatoms. The normalized spacial score (nSPS) is 13.6. The van der Waals surface area contributed by atoms with Crippen LogP contribution in [0.25, 0.3) is 32.0 Å². The highest BCUT2D eigenvalue weighted by atomic mass is 32.1. The first-order valence-corrected chi connectivity index (χ1v) is 10.7. The SMILES string of the molecule is CCc1cccc2c1[nH]c1cc(Nc3ncnc4sc5c(c34)CCC5)ccc12. The highest BCUT2D eigenvalue weighted by molar-refractivity contribution is 7.19. The van der Waals surface area contributed by atoms with E-state index in [2.05, 4.69) is 63.6 Å². The van der Waals surface area contributed by atoms with Crippen molar-refractivity contribution in [3.05, 3.63) is 58.7 Å². The van der Waals surface area contributed by atoms with E-state index in [1.807, 2.05) is 11.3 Å². The van der Waals surface area contributed by atoms with E-state index in [0.717, 1.165) is 34.7 Å². The molecule has 0 atom stereocenters. The molecule has 2 aromatic carbocycles. The van der Waals surface area contributed by atoms with E-state index in [9.17, 15) is 0 Å². The second-order valence-corrected chi connectivity index (χ2v) is 8.55. The van der Waals surface area contributed by atoms with Gasteiger partial charge in [-0.15, -0.1) is 11.3 Å². The minimum atomic E-state index is 0.925. The van der Waals surface area contributed by atoms with Crippen LogP contribution in [-0.4, -0.2) is 15.0 Å². The summed E-state index contributed by atoms with van der Waals surface area (Å²) in [5.74, 6) is 0.925. The summed E-state index contributed by atoms with van der Waals surface area (Å²) in [6, 6.07) is 13.1. The number of rotatable bonds is 3. The van der Waals surface area contributed by atoms with Crippen LogP contribution in [0.15, 0.2) is 42.7 Å². The average molecular weight is 385 g/mol. The minimum absolute atomic E-state index is 0.925. The quantitative estimate of drug-likeness (QED) is 0.394. The first-order valence-electron chi connectivity index (χ1n) is 9.87. The molecular weight excluding hydrogens is 364 g/mol. The Labute approximate surface area is 166 Å². The van der Waals surface area contributed by atoms with Crippen molar-refractivity contribution >= 4 is 54.9 Å². The molecule has 5 aromatic rings. The Morgan fingerprint density at radius 3 is 3.00 bits per heavy atom. The highest BCUT2D eigenvalue weighted by Gasteiger charge is 2.21. The van der Waals surface area contributed by atoms with E-state index in [1.165, 1.54) is 50.5 Å². The number of thiophene rings is 1. The van der Waals surface area contributed by atoms with Gasteiger partial charge in [0.25, 0.3) is 0 Å². The molecule has 138 valence electrons. The van der Waals surface area contributed by atoms with E-state index in [0.29, 0.717) is 0 Å². The Balaban J connectivity index is 1.47. The lowest BCUT2D eigenvalue weighted by molar-refractivity contribution is 0.917. The maximum Gasteiger partial charge on any atom is 0.142 e. The zero-order valence-electron chi connectivity index (χ0n) is 15.7. The van der Waals surface area contributed by atoms with E-state index in [-0.39, 0.29) is 0 Å². The van der Waals surface area contributed by atoms with Crippen LogP contribution in [0, 0.1) is 0 Å². The second-order valence-electron chi connectivity index (χ2n) is 7.46. The first-order chi connectivity index (χ1) is 13.8. The van der Waals surface area contributed by atoms with Crippen LogP contribution in [0.4, 0.5) is 11.5 Å². The molecule has 0 saturated heterocycles. The number of fused-ring (bicyclic) bond motifs is 6. The van der Waals surface area contributed by atoms with Crippen LogP contribution in [0.1, 0.15) is 29.3 Å². The van der Waals surface area contributed by atoms with Crippen molar-refractivity contribution in [1.82, 2.24) is 15.0 Å². The molecule has 1 aliphatic rings. The van der Waals surface area contributed by atoms with Gasteiger partial charge in [-0.2, -0.15) is 0 Å². The fourth-order valence-electron chi connectivity index (χ4n) is 4.52. The van der Waals surface area contributed by atoms with Gasteiger partial charge in [0.2, 0.25) is 0 Å². The van der Waals surface area contributed by atoms with Crippen molar-refractivity contribution in [2.24, 2.45) is 0 Å². The van der Waals surface area contributed by atoms with Gasteiger partial charge in [0.15, 0.2) is 0 Å². The molecule has 0 bridgehead atoms. The predicted molar refractivity (Wildman–Crippen MR) is 118 cm³/mol. The Hall–Kier alpha value is -2.92. The molecule has 0 fully saturated rings. The molecule has 6 rings (SSSR count). The third-order valence-corrected chi connectivity index (χ3v) is 7.06. The molecule has 4 nitrogen and oxygen atoms in total. The van der Waals surface area contributed by atoms with Crippen molar-refractivity contribution in [1.29, 1.82) is 0 Å². The Morgan fingerprint density at radius 2 is 2.07 bits per heavy atom. The maximum absolute atomic E-state index is 4.58. The summed E-state index contributed by atoms with van der Waals surface area (Å²) in [6.07, 6.45) is 6.25. The predicted octanol–water partition coefficient (Wildman–Crippen LogP) is 6.12. The highest BCUT2D eigenvalue weighted by Crippen LogP contribution is 2.40. The van der Waals surface area contributed by atoms with Crippen LogP contribution >= 0.6 is 11.3 Å². The van der Waals surface area contributed by atoms with Gasteiger partial charge in [-0.25, -0.2) is 9.97 Å². The average Bonchev–Trinajstić information content (AvgIpc) is 3.39.